The zero-order valence-electron chi connectivity index (χ0n) is 16.3. The average Bonchev–Trinajstić information content (AvgIpc) is 2.72. The molecule has 0 spiro atoms. The fourth-order valence-corrected chi connectivity index (χ4v) is 4.69. The lowest BCUT2D eigenvalue weighted by atomic mass is 9.78. The molecule has 2 bridgehead atoms. The number of fused-ring (bicyclic) bond motifs is 4. The van der Waals surface area contributed by atoms with Crippen molar-refractivity contribution in [2.24, 2.45) is 0 Å². The second-order valence-electron chi connectivity index (χ2n) is 8.26. The number of para-hydroxylation sites is 1. The number of hydrogen-bond acceptors (Lipinski definition) is 3. The lowest BCUT2D eigenvalue weighted by Gasteiger charge is -2.41. The maximum Gasteiger partial charge on any atom is 0.153 e. The van der Waals surface area contributed by atoms with Crippen LogP contribution in [0.2, 0.25) is 0 Å². The van der Waals surface area contributed by atoms with Gasteiger partial charge >= 0.3 is 0 Å². The van der Waals surface area contributed by atoms with E-state index in [1.165, 1.54) is 46.7 Å². The monoisotopic (exact) mass is 357 g/mol. The molecule has 5 rings (SSSR count). The van der Waals surface area contributed by atoms with Gasteiger partial charge in [0.25, 0.3) is 0 Å². The lowest BCUT2D eigenvalue weighted by Crippen LogP contribution is -2.43. The molecule has 2 heterocycles. The third-order valence-electron chi connectivity index (χ3n) is 6.52. The highest BCUT2D eigenvalue weighted by atomic mass is 15.5. The SMILES string of the molecule is CCC1(C)CN(C2=CCCCC2)Nc2nc3c1cccc3c1ccccc21. The highest BCUT2D eigenvalue weighted by molar-refractivity contribution is 6.11. The van der Waals surface area contributed by atoms with E-state index < -0.39 is 0 Å². The summed E-state index contributed by atoms with van der Waals surface area (Å²) >= 11 is 0. The zero-order chi connectivity index (χ0) is 18.4. The summed E-state index contributed by atoms with van der Waals surface area (Å²) in [5.74, 6) is 0.982. The Morgan fingerprint density at radius 1 is 1.04 bits per heavy atom. The molecule has 1 atom stereocenters. The van der Waals surface area contributed by atoms with Crippen molar-refractivity contribution in [1.82, 2.24) is 9.99 Å². The van der Waals surface area contributed by atoms with Crippen LogP contribution in [-0.4, -0.2) is 16.5 Å². The fourth-order valence-electron chi connectivity index (χ4n) is 4.69. The van der Waals surface area contributed by atoms with Crippen LogP contribution in [0.15, 0.2) is 54.2 Å². The summed E-state index contributed by atoms with van der Waals surface area (Å²) < 4.78 is 0. The van der Waals surface area contributed by atoms with Gasteiger partial charge in [0.2, 0.25) is 0 Å². The number of hydrazine groups is 1. The molecule has 1 aromatic heterocycles. The molecule has 0 saturated carbocycles. The maximum absolute atomic E-state index is 5.15. The number of pyridine rings is 1. The molecule has 1 aliphatic heterocycles. The van der Waals surface area contributed by atoms with Crippen molar-refractivity contribution in [3.8, 4) is 0 Å². The standard InChI is InChI=1S/C24H27N3/c1-3-24(2)16-27(17-10-5-4-6-11-17)26-23-20-13-8-7-12-18(20)19-14-9-15-21(24)22(19)25-23/h7-10,12-15H,3-6,11,16H2,1-2H3,(H,25,26). The largest absolute Gasteiger partial charge is 0.290 e. The van der Waals surface area contributed by atoms with Gasteiger partial charge in [-0.05, 0) is 43.1 Å². The second-order valence-corrected chi connectivity index (χ2v) is 8.26. The molecule has 1 unspecified atom stereocenters. The van der Waals surface area contributed by atoms with Crippen molar-refractivity contribution in [3.63, 3.8) is 0 Å². The van der Waals surface area contributed by atoms with Crippen molar-refractivity contribution >= 4 is 27.5 Å². The molecule has 1 N–H and O–H groups in total. The molecule has 3 nitrogen and oxygen atoms in total. The van der Waals surface area contributed by atoms with Crippen LogP contribution >= 0.6 is 0 Å². The van der Waals surface area contributed by atoms with Crippen LogP contribution in [0.4, 0.5) is 5.82 Å². The highest BCUT2D eigenvalue weighted by Gasteiger charge is 2.33. The lowest BCUT2D eigenvalue weighted by molar-refractivity contribution is 0.281. The Bertz CT molecular complexity index is 1050. The van der Waals surface area contributed by atoms with Gasteiger partial charge in [0.05, 0.1) is 5.52 Å². The highest BCUT2D eigenvalue weighted by Crippen LogP contribution is 2.40. The topological polar surface area (TPSA) is 28.2 Å². The molecule has 27 heavy (non-hydrogen) atoms. The summed E-state index contributed by atoms with van der Waals surface area (Å²) in [7, 11) is 0. The van der Waals surface area contributed by atoms with E-state index in [0.717, 1.165) is 30.7 Å². The first-order valence-electron chi connectivity index (χ1n) is 10.2. The van der Waals surface area contributed by atoms with Crippen LogP contribution in [0, 0.1) is 0 Å². The number of nitrogens with zero attached hydrogens (tertiary/aromatic N) is 2. The molecule has 1 aliphatic carbocycles. The van der Waals surface area contributed by atoms with E-state index in [9.17, 15) is 0 Å². The first-order valence-corrected chi connectivity index (χ1v) is 10.2. The van der Waals surface area contributed by atoms with Gasteiger partial charge in [-0.3, -0.25) is 10.4 Å². The number of rotatable bonds is 2. The third kappa shape index (κ3) is 2.60. The van der Waals surface area contributed by atoms with Crippen LogP contribution < -0.4 is 5.43 Å². The Hall–Kier alpha value is -2.55. The van der Waals surface area contributed by atoms with Crippen molar-refractivity contribution in [1.29, 1.82) is 0 Å². The van der Waals surface area contributed by atoms with Crippen LogP contribution in [0.1, 0.15) is 51.5 Å². The third-order valence-corrected chi connectivity index (χ3v) is 6.52. The minimum atomic E-state index is 0.0535. The maximum atomic E-state index is 5.15. The van der Waals surface area contributed by atoms with Crippen LogP contribution in [0.5, 0.6) is 0 Å². The Balaban J connectivity index is 1.81. The van der Waals surface area contributed by atoms with Crippen molar-refractivity contribution in [2.45, 2.75) is 51.4 Å². The first-order chi connectivity index (χ1) is 13.2. The summed E-state index contributed by atoms with van der Waals surface area (Å²) in [6.07, 6.45) is 8.41. The van der Waals surface area contributed by atoms with E-state index in [4.69, 9.17) is 4.98 Å². The van der Waals surface area contributed by atoms with Gasteiger partial charge in [-0.15, -0.1) is 0 Å². The predicted octanol–water partition coefficient (Wildman–Crippen LogP) is 6.16. The molecule has 0 radical (unpaired) electrons. The number of nitrogens with one attached hydrogen (secondary N) is 1. The van der Waals surface area contributed by atoms with Crippen LogP contribution in [-0.2, 0) is 5.41 Å². The quantitative estimate of drug-likeness (QED) is 0.557. The van der Waals surface area contributed by atoms with Crippen molar-refractivity contribution < 1.29 is 0 Å². The molecule has 2 aliphatic rings. The first kappa shape index (κ1) is 16.6. The van der Waals surface area contributed by atoms with E-state index in [-0.39, 0.29) is 5.41 Å². The number of hydrogen-bond donors (Lipinski definition) is 1. The van der Waals surface area contributed by atoms with Gasteiger partial charge in [-0.2, -0.15) is 0 Å². The summed E-state index contributed by atoms with van der Waals surface area (Å²) in [4.78, 5) is 5.15. The molecule has 138 valence electrons. The van der Waals surface area contributed by atoms with E-state index >= 15 is 0 Å². The summed E-state index contributed by atoms with van der Waals surface area (Å²) in [5, 5.41) is 6.13. The normalized spacial score (nSPS) is 22.4. The molecule has 2 aromatic carbocycles. The summed E-state index contributed by atoms with van der Waals surface area (Å²) in [6.45, 7) is 5.66. The molecule has 0 saturated heterocycles. The summed E-state index contributed by atoms with van der Waals surface area (Å²) in [5.41, 5.74) is 7.72. The summed E-state index contributed by atoms with van der Waals surface area (Å²) in [6, 6.07) is 15.4. The predicted molar refractivity (Wildman–Crippen MR) is 114 cm³/mol. The number of allylic oxidation sites excluding steroid dienone is 2. The van der Waals surface area contributed by atoms with E-state index in [0.29, 0.717) is 0 Å². The fraction of sp³-hybridized carbons (Fsp3) is 0.375. The smallest absolute Gasteiger partial charge is 0.153 e. The average molecular weight is 358 g/mol. The number of anilines is 1. The second kappa shape index (κ2) is 6.26. The molecule has 0 amide bonds. The molecular weight excluding hydrogens is 330 g/mol. The minimum absolute atomic E-state index is 0.0535. The van der Waals surface area contributed by atoms with Crippen molar-refractivity contribution in [2.75, 3.05) is 12.0 Å². The van der Waals surface area contributed by atoms with Gasteiger partial charge in [0.1, 0.15) is 0 Å². The van der Waals surface area contributed by atoms with Crippen LogP contribution in [0.3, 0.4) is 0 Å². The molecule has 0 fully saturated rings. The van der Waals surface area contributed by atoms with Gasteiger partial charge < -0.3 is 0 Å². The van der Waals surface area contributed by atoms with E-state index in [1.807, 2.05) is 0 Å². The van der Waals surface area contributed by atoms with Gasteiger partial charge in [0, 0.05) is 28.4 Å². The Morgan fingerprint density at radius 2 is 1.85 bits per heavy atom. The molecule has 3 aromatic rings. The molecular formula is C24H27N3. The van der Waals surface area contributed by atoms with E-state index in [2.05, 4.69) is 72.8 Å². The Kier molecular flexibility index (Phi) is 3.85. The van der Waals surface area contributed by atoms with Gasteiger partial charge in [-0.1, -0.05) is 62.4 Å². The van der Waals surface area contributed by atoms with Crippen LogP contribution in [0.25, 0.3) is 21.7 Å². The molecule has 3 heteroatoms. The Morgan fingerprint density at radius 3 is 2.63 bits per heavy atom. The van der Waals surface area contributed by atoms with Gasteiger partial charge in [-0.25, -0.2) is 4.98 Å². The van der Waals surface area contributed by atoms with E-state index in [1.54, 1.807) is 0 Å². The minimum Gasteiger partial charge on any atom is -0.290 e. The van der Waals surface area contributed by atoms with Gasteiger partial charge in [0.15, 0.2) is 5.82 Å². The number of aromatic nitrogens is 1. The Labute approximate surface area is 161 Å². The number of benzene rings is 2. The zero-order valence-corrected chi connectivity index (χ0v) is 16.3. The van der Waals surface area contributed by atoms with Crippen molar-refractivity contribution in [3.05, 3.63) is 59.8 Å².